The third-order valence-corrected chi connectivity index (χ3v) is 4.47. The van der Waals surface area contributed by atoms with Gasteiger partial charge in [-0.3, -0.25) is 9.69 Å². The van der Waals surface area contributed by atoms with Crippen LogP contribution < -0.4 is 4.65 Å². The molecule has 28 heavy (non-hydrogen) atoms. The number of nitrogens with zero attached hydrogens (tertiary/aromatic N) is 1. The van der Waals surface area contributed by atoms with Crippen molar-refractivity contribution in [2.24, 2.45) is 0 Å². The molecule has 0 saturated carbocycles. The van der Waals surface area contributed by atoms with E-state index in [1.54, 1.807) is 6.07 Å². The molecule has 0 aliphatic carbocycles. The van der Waals surface area contributed by atoms with Gasteiger partial charge < -0.3 is 14.4 Å². The van der Waals surface area contributed by atoms with Crippen molar-refractivity contribution in [1.82, 2.24) is 4.90 Å². The van der Waals surface area contributed by atoms with Gasteiger partial charge in [-0.15, -0.1) is 0 Å². The number of benzene rings is 3. The molecule has 0 bridgehead atoms. The Morgan fingerprint density at radius 3 is 2.61 bits per heavy atom. The fourth-order valence-electron chi connectivity index (χ4n) is 3.26. The SMILES string of the molecule is CC(=O)OC(CN(C)Cc1cccc(O[B]O)c1)c1ccc2ccccc2c1. The lowest BCUT2D eigenvalue weighted by atomic mass is 10.0. The van der Waals surface area contributed by atoms with Gasteiger partial charge in [0.2, 0.25) is 0 Å². The Morgan fingerprint density at radius 2 is 1.86 bits per heavy atom. The summed E-state index contributed by atoms with van der Waals surface area (Å²) < 4.78 is 10.6. The Bertz CT molecular complexity index is 946. The second kappa shape index (κ2) is 9.40. The number of esters is 1. The summed E-state index contributed by atoms with van der Waals surface area (Å²) in [5.41, 5.74) is 2.00. The lowest BCUT2D eigenvalue weighted by molar-refractivity contribution is -0.147. The van der Waals surface area contributed by atoms with E-state index in [2.05, 4.69) is 23.1 Å². The summed E-state index contributed by atoms with van der Waals surface area (Å²) in [7, 11) is 2.64. The van der Waals surface area contributed by atoms with Gasteiger partial charge in [0.05, 0.1) is 0 Å². The Morgan fingerprint density at radius 1 is 1.07 bits per heavy atom. The van der Waals surface area contributed by atoms with Crippen molar-refractivity contribution >= 4 is 24.4 Å². The molecule has 0 aliphatic rings. The Labute approximate surface area is 165 Å². The standard InChI is InChI=1S/C22H23BNO4/c1-16(25)27-22(20-11-10-18-7-3-4-8-19(18)13-20)15-24(2)14-17-6-5-9-21(12-17)28-23-26/h3-13,22,26H,14-15H2,1-2H3. The molecule has 0 aromatic heterocycles. The molecule has 0 amide bonds. The number of hydrogen-bond donors (Lipinski definition) is 1. The molecule has 3 aromatic carbocycles. The summed E-state index contributed by atoms with van der Waals surface area (Å²) in [4.78, 5) is 13.8. The molecule has 1 unspecified atom stereocenters. The van der Waals surface area contributed by atoms with E-state index < -0.39 is 0 Å². The molecule has 1 radical (unpaired) electrons. The van der Waals surface area contributed by atoms with Crippen LogP contribution in [0.1, 0.15) is 24.2 Å². The van der Waals surface area contributed by atoms with E-state index in [1.807, 2.05) is 49.5 Å². The smallest absolute Gasteiger partial charge is 0.537 e. The highest BCUT2D eigenvalue weighted by Gasteiger charge is 2.18. The number of ether oxygens (including phenoxy) is 1. The van der Waals surface area contributed by atoms with E-state index in [-0.39, 0.29) is 12.1 Å². The normalized spacial score (nSPS) is 12.0. The highest BCUT2D eigenvalue weighted by molar-refractivity contribution is 6.17. The molecule has 5 nitrogen and oxygen atoms in total. The lowest BCUT2D eigenvalue weighted by Gasteiger charge is -2.24. The van der Waals surface area contributed by atoms with Gasteiger partial charge in [0.25, 0.3) is 0 Å². The largest absolute Gasteiger partial charge is 0.569 e. The molecule has 6 heteroatoms. The number of carbonyl (C=O) groups excluding carboxylic acids is 1. The van der Waals surface area contributed by atoms with Crippen molar-refractivity contribution in [3.63, 3.8) is 0 Å². The summed E-state index contributed by atoms with van der Waals surface area (Å²) in [6.07, 6.45) is -0.364. The third kappa shape index (κ3) is 5.34. The monoisotopic (exact) mass is 376 g/mol. The fourth-order valence-corrected chi connectivity index (χ4v) is 3.26. The average Bonchev–Trinajstić information content (AvgIpc) is 2.67. The molecular weight excluding hydrogens is 353 g/mol. The van der Waals surface area contributed by atoms with E-state index in [0.29, 0.717) is 26.5 Å². The van der Waals surface area contributed by atoms with Crippen LogP contribution in [-0.4, -0.2) is 37.2 Å². The molecule has 3 aromatic rings. The lowest BCUT2D eigenvalue weighted by Crippen LogP contribution is -2.26. The predicted molar refractivity (Wildman–Crippen MR) is 110 cm³/mol. The average molecular weight is 376 g/mol. The van der Waals surface area contributed by atoms with Crippen LogP contribution >= 0.6 is 0 Å². The van der Waals surface area contributed by atoms with Gasteiger partial charge >= 0.3 is 13.7 Å². The van der Waals surface area contributed by atoms with E-state index in [1.165, 1.54) is 6.92 Å². The molecular formula is C22H23BNO4. The summed E-state index contributed by atoms with van der Waals surface area (Å²) in [6, 6.07) is 21.7. The number of rotatable bonds is 8. The van der Waals surface area contributed by atoms with Crippen LogP contribution in [0.5, 0.6) is 5.75 Å². The molecule has 1 atom stereocenters. The van der Waals surface area contributed by atoms with Gasteiger partial charge in [0.15, 0.2) is 0 Å². The van der Waals surface area contributed by atoms with Crippen LogP contribution in [0.3, 0.4) is 0 Å². The van der Waals surface area contributed by atoms with Crippen LogP contribution in [0.4, 0.5) is 0 Å². The third-order valence-electron chi connectivity index (χ3n) is 4.47. The van der Waals surface area contributed by atoms with Crippen molar-refractivity contribution in [2.45, 2.75) is 19.6 Å². The van der Waals surface area contributed by atoms with Crippen LogP contribution in [0.25, 0.3) is 10.8 Å². The molecule has 0 spiro atoms. The number of fused-ring (bicyclic) bond motifs is 1. The van der Waals surface area contributed by atoms with E-state index in [4.69, 9.17) is 14.4 Å². The number of likely N-dealkylation sites (N-methyl/N-ethyl adjacent to an activating group) is 1. The zero-order chi connectivity index (χ0) is 19.9. The second-order valence-electron chi connectivity index (χ2n) is 6.77. The van der Waals surface area contributed by atoms with Crippen LogP contribution in [-0.2, 0) is 16.1 Å². The Kier molecular flexibility index (Phi) is 6.69. The summed E-state index contributed by atoms with van der Waals surface area (Å²) in [5, 5.41) is 11.1. The first-order valence-corrected chi connectivity index (χ1v) is 9.11. The highest BCUT2D eigenvalue weighted by Crippen LogP contribution is 2.24. The molecule has 0 saturated heterocycles. The van der Waals surface area contributed by atoms with Crippen LogP contribution in [0.15, 0.2) is 66.7 Å². The zero-order valence-electron chi connectivity index (χ0n) is 16.0. The molecule has 1 N–H and O–H groups in total. The van der Waals surface area contributed by atoms with E-state index in [0.717, 1.165) is 21.9 Å². The van der Waals surface area contributed by atoms with E-state index in [9.17, 15) is 4.79 Å². The fraction of sp³-hybridized carbons (Fsp3) is 0.227. The van der Waals surface area contributed by atoms with Crippen molar-refractivity contribution in [1.29, 1.82) is 0 Å². The van der Waals surface area contributed by atoms with Gasteiger partial charge in [-0.25, -0.2) is 0 Å². The summed E-state index contributed by atoms with van der Waals surface area (Å²) in [6.45, 7) is 2.63. The zero-order valence-corrected chi connectivity index (χ0v) is 16.0. The van der Waals surface area contributed by atoms with Crippen molar-refractivity contribution in [2.75, 3.05) is 13.6 Å². The van der Waals surface area contributed by atoms with Gasteiger partial charge in [-0.1, -0.05) is 48.5 Å². The van der Waals surface area contributed by atoms with Gasteiger partial charge in [-0.2, -0.15) is 0 Å². The molecule has 0 heterocycles. The molecule has 143 valence electrons. The Balaban J connectivity index is 1.75. The van der Waals surface area contributed by atoms with Crippen molar-refractivity contribution < 1.29 is 19.2 Å². The predicted octanol–water partition coefficient (Wildman–Crippen LogP) is 3.48. The minimum absolute atomic E-state index is 0.305. The minimum atomic E-state index is -0.364. The van der Waals surface area contributed by atoms with Gasteiger partial charge in [-0.05, 0) is 47.1 Å². The maximum absolute atomic E-state index is 11.7. The molecule has 0 fully saturated rings. The van der Waals surface area contributed by atoms with Crippen LogP contribution in [0, 0.1) is 0 Å². The van der Waals surface area contributed by atoms with E-state index >= 15 is 0 Å². The molecule has 3 rings (SSSR count). The van der Waals surface area contributed by atoms with Crippen molar-refractivity contribution in [3.8, 4) is 5.75 Å². The van der Waals surface area contributed by atoms with Crippen molar-refractivity contribution in [3.05, 3.63) is 77.9 Å². The highest BCUT2D eigenvalue weighted by atomic mass is 16.5. The number of hydrogen-bond acceptors (Lipinski definition) is 5. The summed E-state index contributed by atoms with van der Waals surface area (Å²) in [5.74, 6) is 0.264. The second-order valence-corrected chi connectivity index (χ2v) is 6.77. The first-order valence-electron chi connectivity index (χ1n) is 9.11. The maximum Gasteiger partial charge on any atom is 0.569 e. The first-order chi connectivity index (χ1) is 13.5. The quantitative estimate of drug-likeness (QED) is 0.482. The maximum atomic E-state index is 11.7. The topological polar surface area (TPSA) is 59.0 Å². The molecule has 0 aliphatic heterocycles. The number of carbonyl (C=O) groups is 1. The van der Waals surface area contributed by atoms with Gasteiger partial charge in [0.1, 0.15) is 11.9 Å². The first kappa shape index (κ1) is 19.9. The Hall–Kier alpha value is -2.83. The summed E-state index contributed by atoms with van der Waals surface area (Å²) >= 11 is 0. The van der Waals surface area contributed by atoms with Crippen LogP contribution in [0.2, 0.25) is 0 Å². The van der Waals surface area contributed by atoms with Gasteiger partial charge in [0, 0.05) is 20.0 Å². The minimum Gasteiger partial charge on any atom is -0.537 e.